The van der Waals surface area contributed by atoms with Crippen molar-refractivity contribution in [2.45, 2.75) is 11.4 Å². The maximum atomic E-state index is 13.0. The first-order chi connectivity index (χ1) is 15.3. The molecule has 0 spiro atoms. The van der Waals surface area contributed by atoms with Gasteiger partial charge in [0.15, 0.2) is 0 Å². The summed E-state index contributed by atoms with van der Waals surface area (Å²) in [5.41, 5.74) is 0.796. The fraction of sp³-hybridized carbons (Fsp3) is 0.174. The summed E-state index contributed by atoms with van der Waals surface area (Å²) in [5, 5.41) is 0.533. The van der Waals surface area contributed by atoms with E-state index >= 15 is 0 Å². The molecule has 9 heteroatoms. The number of carbonyl (C=O) groups is 1. The lowest BCUT2D eigenvalue weighted by Crippen LogP contribution is -2.26. The number of benzene rings is 3. The number of carbonyl (C=O) groups excluding carboxylic acids is 1. The lowest BCUT2D eigenvalue weighted by atomic mass is 10.2. The molecule has 6 nitrogen and oxygen atoms in total. The maximum absolute atomic E-state index is 13.0. The van der Waals surface area contributed by atoms with E-state index < -0.39 is 16.0 Å². The van der Waals surface area contributed by atoms with E-state index in [9.17, 15) is 13.2 Å². The van der Waals surface area contributed by atoms with Crippen LogP contribution in [0.4, 0.5) is 0 Å². The Morgan fingerprint density at radius 2 is 1.59 bits per heavy atom. The average Bonchev–Trinajstić information content (AvgIpc) is 2.78. The van der Waals surface area contributed by atoms with Crippen molar-refractivity contribution in [1.29, 1.82) is 0 Å². The van der Waals surface area contributed by atoms with E-state index in [0.29, 0.717) is 10.8 Å². The maximum Gasteiger partial charge on any atom is 0.339 e. The molecule has 0 unspecified atom stereocenters. The highest BCUT2D eigenvalue weighted by atomic mass is 35.5. The first-order valence-corrected chi connectivity index (χ1v) is 11.8. The Kier molecular flexibility index (Phi) is 8.15. The molecule has 0 aliphatic heterocycles. The lowest BCUT2D eigenvalue weighted by molar-refractivity contribution is 0.0450. The molecule has 0 saturated heterocycles. The van der Waals surface area contributed by atoms with E-state index in [0.717, 1.165) is 5.56 Å². The van der Waals surface area contributed by atoms with E-state index in [1.807, 2.05) is 30.3 Å². The second-order valence-electron chi connectivity index (χ2n) is 6.80. The third-order valence-corrected chi connectivity index (χ3v) is 6.97. The lowest BCUT2D eigenvalue weighted by Gasteiger charge is -2.18. The second-order valence-corrected chi connectivity index (χ2v) is 9.66. The Morgan fingerprint density at radius 3 is 2.31 bits per heavy atom. The van der Waals surface area contributed by atoms with Gasteiger partial charge >= 0.3 is 5.97 Å². The van der Waals surface area contributed by atoms with Crippen molar-refractivity contribution in [2.24, 2.45) is 0 Å². The van der Waals surface area contributed by atoms with Crippen molar-refractivity contribution in [3.63, 3.8) is 0 Å². The second kappa shape index (κ2) is 10.8. The molecule has 0 atom stereocenters. The van der Waals surface area contributed by atoms with Gasteiger partial charge in [-0.05, 0) is 35.9 Å². The minimum Gasteiger partial charge on any atom is -0.488 e. The molecule has 3 rings (SSSR count). The normalized spacial score (nSPS) is 11.4. The molecule has 0 bridgehead atoms. The van der Waals surface area contributed by atoms with E-state index in [2.05, 4.69) is 0 Å². The summed E-state index contributed by atoms with van der Waals surface area (Å²) in [5.74, 6) is -0.279. The Hall–Kier alpha value is -2.58. The van der Waals surface area contributed by atoms with Crippen molar-refractivity contribution >= 4 is 39.2 Å². The molecule has 0 heterocycles. The Morgan fingerprint density at radius 1 is 0.906 bits per heavy atom. The molecule has 0 amide bonds. The van der Waals surface area contributed by atoms with E-state index in [4.69, 9.17) is 32.7 Å². The van der Waals surface area contributed by atoms with Gasteiger partial charge in [-0.1, -0.05) is 65.7 Å². The highest BCUT2D eigenvalue weighted by Gasteiger charge is 2.24. The van der Waals surface area contributed by atoms with Crippen LogP contribution in [0.15, 0.2) is 77.7 Å². The predicted octanol–water partition coefficient (Wildman–Crippen LogP) is 5.05. The molecule has 3 aromatic rings. The average molecular weight is 494 g/mol. The molecule has 0 aliphatic carbocycles. The fourth-order valence-electron chi connectivity index (χ4n) is 2.85. The minimum atomic E-state index is -3.85. The van der Waals surface area contributed by atoms with Crippen molar-refractivity contribution in [1.82, 2.24) is 4.31 Å². The number of halogens is 2. The van der Waals surface area contributed by atoms with Gasteiger partial charge < -0.3 is 9.47 Å². The van der Waals surface area contributed by atoms with Crippen LogP contribution in [-0.2, 0) is 21.3 Å². The molecule has 32 heavy (non-hydrogen) atoms. The molecule has 0 N–H and O–H groups in total. The van der Waals surface area contributed by atoms with Crippen molar-refractivity contribution in [3.05, 3.63) is 94.0 Å². The van der Waals surface area contributed by atoms with Gasteiger partial charge in [-0.2, -0.15) is 4.31 Å². The Balaban J connectivity index is 1.66. The highest BCUT2D eigenvalue weighted by Crippen LogP contribution is 2.25. The van der Waals surface area contributed by atoms with Crippen LogP contribution in [0.25, 0.3) is 0 Å². The zero-order valence-corrected chi connectivity index (χ0v) is 19.5. The van der Waals surface area contributed by atoms with Gasteiger partial charge in [0.25, 0.3) is 0 Å². The Labute approximate surface area is 197 Å². The van der Waals surface area contributed by atoms with Gasteiger partial charge in [-0.25, -0.2) is 13.2 Å². The first-order valence-electron chi connectivity index (χ1n) is 9.63. The number of hydrogen-bond donors (Lipinski definition) is 0. The summed E-state index contributed by atoms with van der Waals surface area (Å²) in [6.07, 6.45) is 0. The van der Waals surface area contributed by atoms with E-state index in [1.54, 1.807) is 24.3 Å². The summed E-state index contributed by atoms with van der Waals surface area (Å²) in [6, 6.07) is 20.1. The molecule has 168 valence electrons. The number of esters is 1. The van der Waals surface area contributed by atoms with Gasteiger partial charge in [0.2, 0.25) is 10.0 Å². The number of sulfonamides is 1. The summed E-state index contributed by atoms with van der Waals surface area (Å²) >= 11 is 12.1. The predicted molar refractivity (Wildman–Crippen MR) is 124 cm³/mol. The monoisotopic (exact) mass is 493 g/mol. The molecule has 0 radical (unpaired) electrons. The van der Waals surface area contributed by atoms with Crippen LogP contribution in [0.2, 0.25) is 10.0 Å². The van der Waals surface area contributed by atoms with E-state index in [1.165, 1.54) is 29.6 Å². The van der Waals surface area contributed by atoms with Gasteiger partial charge in [-0.3, -0.25) is 0 Å². The molecule has 0 saturated carbocycles. The van der Waals surface area contributed by atoms with Crippen molar-refractivity contribution in [2.75, 3.05) is 20.3 Å². The van der Waals surface area contributed by atoms with Gasteiger partial charge in [0.1, 0.15) is 19.0 Å². The molecule has 0 aromatic heterocycles. The van der Waals surface area contributed by atoms with Crippen LogP contribution >= 0.6 is 23.2 Å². The summed E-state index contributed by atoms with van der Waals surface area (Å²) in [7, 11) is -2.38. The van der Waals surface area contributed by atoms with Crippen LogP contribution in [0.3, 0.4) is 0 Å². The largest absolute Gasteiger partial charge is 0.488 e. The summed E-state index contributed by atoms with van der Waals surface area (Å²) < 4.78 is 37.8. The summed E-state index contributed by atoms with van der Waals surface area (Å²) in [6.45, 7) is 0.196. The number of ether oxygens (including phenoxy) is 2. The van der Waals surface area contributed by atoms with Gasteiger partial charge in [-0.15, -0.1) is 0 Å². The van der Waals surface area contributed by atoms with Crippen LogP contribution in [0.5, 0.6) is 5.75 Å². The van der Waals surface area contributed by atoms with Crippen molar-refractivity contribution in [3.8, 4) is 5.75 Å². The molecule has 0 fully saturated rings. The van der Waals surface area contributed by atoms with E-state index in [-0.39, 0.29) is 35.2 Å². The first kappa shape index (κ1) is 24.1. The third-order valence-electron chi connectivity index (χ3n) is 4.52. The van der Waals surface area contributed by atoms with Crippen LogP contribution in [-0.4, -0.2) is 39.0 Å². The zero-order chi connectivity index (χ0) is 23.1. The van der Waals surface area contributed by atoms with Crippen molar-refractivity contribution < 1.29 is 22.7 Å². The van der Waals surface area contributed by atoms with Gasteiger partial charge in [0.05, 0.1) is 20.5 Å². The quantitative estimate of drug-likeness (QED) is 0.308. The highest BCUT2D eigenvalue weighted by molar-refractivity contribution is 7.89. The molecule has 3 aromatic carbocycles. The standard InChI is InChI=1S/C23H21Cl2NO5S/c1-26(16-17-7-3-2-4-8-17)32(28,29)18-11-12-20(24)19(15-18)23(27)31-14-13-30-22-10-6-5-9-21(22)25/h2-12,15H,13-14,16H2,1H3. The zero-order valence-electron chi connectivity index (χ0n) is 17.2. The number of rotatable bonds is 9. The number of para-hydroxylation sites is 1. The Bertz CT molecular complexity index is 1190. The minimum absolute atomic E-state index is 0.0430. The fourth-order valence-corrected chi connectivity index (χ4v) is 4.42. The number of hydrogen-bond acceptors (Lipinski definition) is 5. The number of nitrogens with zero attached hydrogens (tertiary/aromatic N) is 1. The smallest absolute Gasteiger partial charge is 0.339 e. The molecular formula is C23H21Cl2NO5S. The van der Waals surface area contributed by atoms with Crippen LogP contribution in [0.1, 0.15) is 15.9 Å². The molecule has 0 aliphatic rings. The van der Waals surface area contributed by atoms with Gasteiger partial charge in [0, 0.05) is 13.6 Å². The van der Waals surface area contributed by atoms with Crippen LogP contribution < -0.4 is 4.74 Å². The SMILES string of the molecule is CN(Cc1ccccc1)S(=O)(=O)c1ccc(Cl)c(C(=O)OCCOc2ccccc2Cl)c1. The topological polar surface area (TPSA) is 72.9 Å². The third kappa shape index (κ3) is 6.01. The molecular weight excluding hydrogens is 473 g/mol. The van der Waals surface area contributed by atoms with Crippen LogP contribution in [0, 0.1) is 0 Å². The summed E-state index contributed by atoms with van der Waals surface area (Å²) in [4.78, 5) is 12.4.